The van der Waals surface area contributed by atoms with E-state index in [0.29, 0.717) is 27.8 Å². The van der Waals surface area contributed by atoms with Gasteiger partial charge in [0.1, 0.15) is 6.33 Å². The predicted molar refractivity (Wildman–Crippen MR) is 81.9 cm³/mol. The molecule has 0 atom stereocenters. The van der Waals surface area contributed by atoms with Crippen LogP contribution in [0, 0.1) is 6.92 Å². The van der Waals surface area contributed by atoms with E-state index in [1.165, 1.54) is 6.33 Å². The maximum Gasteiger partial charge on any atom is 0.267 e. The molecular formula is C17H11N3O2. The van der Waals surface area contributed by atoms with Crippen molar-refractivity contribution in [1.29, 1.82) is 0 Å². The Morgan fingerprint density at radius 1 is 0.909 bits per heavy atom. The van der Waals surface area contributed by atoms with E-state index >= 15 is 0 Å². The number of nitrogens with zero attached hydrogens (tertiary/aromatic N) is 3. The lowest BCUT2D eigenvalue weighted by molar-refractivity contribution is 0.0925. The molecule has 2 amide bonds. The molecule has 0 radical (unpaired) electrons. The quantitative estimate of drug-likeness (QED) is 0.646. The normalized spacial score (nSPS) is 13.8. The molecule has 0 bridgehead atoms. The van der Waals surface area contributed by atoms with Crippen molar-refractivity contribution in [3.05, 3.63) is 65.5 Å². The Balaban J connectivity index is 1.96. The number of imide groups is 1. The molecule has 0 spiro atoms. The van der Waals surface area contributed by atoms with Crippen LogP contribution < -0.4 is 4.90 Å². The number of amides is 2. The Bertz CT molecular complexity index is 915. The predicted octanol–water partition coefficient (Wildman–Crippen LogP) is 2.74. The maximum atomic E-state index is 12.6. The van der Waals surface area contributed by atoms with Crippen LogP contribution in [0.2, 0.25) is 0 Å². The van der Waals surface area contributed by atoms with Crippen molar-refractivity contribution in [1.82, 2.24) is 9.97 Å². The monoisotopic (exact) mass is 289 g/mol. The molecule has 0 unspecified atom stereocenters. The van der Waals surface area contributed by atoms with Gasteiger partial charge in [0.2, 0.25) is 0 Å². The summed E-state index contributed by atoms with van der Waals surface area (Å²) < 4.78 is 0. The minimum atomic E-state index is -0.345. The minimum absolute atomic E-state index is 0.333. The van der Waals surface area contributed by atoms with Crippen LogP contribution in [0.1, 0.15) is 26.3 Å². The fourth-order valence-corrected chi connectivity index (χ4v) is 2.72. The fraction of sp³-hybridized carbons (Fsp3) is 0.0588. The molecule has 5 heteroatoms. The molecule has 0 N–H and O–H groups in total. The van der Waals surface area contributed by atoms with Gasteiger partial charge in [-0.15, -0.1) is 0 Å². The molecule has 106 valence electrons. The van der Waals surface area contributed by atoms with Gasteiger partial charge in [0.25, 0.3) is 11.8 Å². The summed E-state index contributed by atoms with van der Waals surface area (Å²) in [6.45, 7) is 1.94. The summed E-state index contributed by atoms with van der Waals surface area (Å²) in [7, 11) is 0. The van der Waals surface area contributed by atoms with Crippen LogP contribution in [0.4, 0.5) is 5.82 Å². The second kappa shape index (κ2) is 4.46. The van der Waals surface area contributed by atoms with Gasteiger partial charge in [-0.2, -0.15) is 0 Å². The van der Waals surface area contributed by atoms with Crippen molar-refractivity contribution >= 4 is 28.5 Å². The highest BCUT2D eigenvalue weighted by molar-refractivity contribution is 6.35. The zero-order chi connectivity index (χ0) is 15.3. The van der Waals surface area contributed by atoms with Crippen LogP contribution in [0.5, 0.6) is 0 Å². The van der Waals surface area contributed by atoms with Gasteiger partial charge < -0.3 is 0 Å². The Morgan fingerprint density at radius 2 is 1.59 bits per heavy atom. The molecule has 0 saturated heterocycles. The van der Waals surface area contributed by atoms with E-state index < -0.39 is 0 Å². The summed E-state index contributed by atoms with van der Waals surface area (Å²) in [6.07, 6.45) is 1.37. The standard InChI is InChI=1S/C17H11N3O2/c1-10-6-7-14-13(8-10)15(19-9-18-14)20-16(21)11-4-2-3-5-12(11)17(20)22/h2-9H,1H3. The summed E-state index contributed by atoms with van der Waals surface area (Å²) in [4.78, 5) is 34.7. The van der Waals surface area contributed by atoms with Crippen LogP contribution in [0.15, 0.2) is 48.8 Å². The number of fused-ring (bicyclic) bond motifs is 2. The first kappa shape index (κ1) is 12.6. The van der Waals surface area contributed by atoms with Gasteiger partial charge in [-0.3, -0.25) is 9.59 Å². The summed E-state index contributed by atoms with van der Waals surface area (Å²) in [5, 5.41) is 0.692. The second-order valence-electron chi connectivity index (χ2n) is 5.21. The van der Waals surface area contributed by atoms with Gasteiger partial charge in [-0.1, -0.05) is 23.8 Å². The van der Waals surface area contributed by atoms with E-state index in [9.17, 15) is 9.59 Å². The van der Waals surface area contributed by atoms with Crippen molar-refractivity contribution in [2.75, 3.05) is 4.90 Å². The first-order valence-electron chi connectivity index (χ1n) is 6.86. The lowest BCUT2D eigenvalue weighted by atomic mass is 10.1. The van der Waals surface area contributed by atoms with Crippen LogP contribution in [-0.4, -0.2) is 21.8 Å². The van der Waals surface area contributed by atoms with E-state index in [-0.39, 0.29) is 11.8 Å². The molecule has 1 aliphatic heterocycles. The van der Waals surface area contributed by atoms with Crippen molar-refractivity contribution in [3.8, 4) is 0 Å². The van der Waals surface area contributed by atoms with Crippen LogP contribution in [0.3, 0.4) is 0 Å². The van der Waals surface area contributed by atoms with E-state index in [1.807, 2.05) is 25.1 Å². The molecule has 1 aromatic heterocycles. The number of benzene rings is 2. The first-order valence-corrected chi connectivity index (χ1v) is 6.86. The van der Waals surface area contributed by atoms with Crippen LogP contribution >= 0.6 is 0 Å². The fourth-order valence-electron chi connectivity index (χ4n) is 2.72. The number of rotatable bonds is 1. The summed E-state index contributed by atoms with van der Waals surface area (Å²) in [5.41, 5.74) is 2.53. The van der Waals surface area contributed by atoms with Gasteiger partial charge in [-0.25, -0.2) is 14.9 Å². The number of carbonyl (C=O) groups is 2. The summed E-state index contributed by atoms with van der Waals surface area (Å²) in [5.74, 6) is -0.357. The van der Waals surface area contributed by atoms with E-state index in [2.05, 4.69) is 9.97 Å². The number of aromatic nitrogens is 2. The molecule has 22 heavy (non-hydrogen) atoms. The Kier molecular flexibility index (Phi) is 2.56. The van der Waals surface area contributed by atoms with Gasteiger partial charge >= 0.3 is 0 Å². The first-order chi connectivity index (χ1) is 10.7. The highest BCUT2D eigenvalue weighted by Gasteiger charge is 2.37. The van der Waals surface area contributed by atoms with E-state index in [4.69, 9.17) is 0 Å². The molecule has 0 saturated carbocycles. The van der Waals surface area contributed by atoms with Crippen molar-refractivity contribution in [2.45, 2.75) is 6.92 Å². The maximum absolute atomic E-state index is 12.6. The molecule has 1 aliphatic rings. The average molecular weight is 289 g/mol. The molecule has 2 aromatic carbocycles. The summed E-state index contributed by atoms with van der Waals surface area (Å²) >= 11 is 0. The van der Waals surface area contributed by atoms with E-state index in [1.54, 1.807) is 24.3 Å². The lowest BCUT2D eigenvalue weighted by Gasteiger charge is -2.14. The Hall–Kier alpha value is -3.08. The molecule has 2 heterocycles. The number of aryl methyl sites for hydroxylation is 1. The van der Waals surface area contributed by atoms with Crippen LogP contribution in [0.25, 0.3) is 10.9 Å². The van der Waals surface area contributed by atoms with Gasteiger partial charge in [-0.05, 0) is 31.2 Å². The van der Waals surface area contributed by atoms with Gasteiger partial charge in [0, 0.05) is 5.39 Å². The largest absolute Gasteiger partial charge is 0.268 e. The second-order valence-corrected chi connectivity index (χ2v) is 5.21. The minimum Gasteiger partial charge on any atom is -0.268 e. The molecule has 5 nitrogen and oxygen atoms in total. The highest BCUT2D eigenvalue weighted by atomic mass is 16.2. The molecular weight excluding hydrogens is 278 g/mol. The SMILES string of the molecule is Cc1ccc2ncnc(N3C(=O)c4ccccc4C3=O)c2c1. The number of anilines is 1. The van der Waals surface area contributed by atoms with Crippen LogP contribution in [-0.2, 0) is 0 Å². The third-order valence-corrected chi connectivity index (χ3v) is 3.78. The Labute approximate surface area is 126 Å². The third kappa shape index (κ3) is 1.65. The lowest BCUT2D eigenvalue weighted by Crippen LogP contribution is -2.30. The van der Waals surface area contributed by atoms with Gasteiger partial charge in [0.15, 0.2) is 5.82 Å². The molecule has 0 fully saturated rings. The number of hydrogen-bond donors (Lipinski definition) is 0. The van der Waals surface area contributed by atoms with Crippen molar-refractivity contribution in [3.63, 3.8) is 0 Å². The molecule has 0 aliphatic carbocycles. The molecule has 4 rings (SSSR count). The smallest absolute Gasteiger partial charge is 0.267 e. The highest BCUT2D eigenvalue weighted by Crippen LogP contribution is 2.31. The van der Waals surface area contributed by atoms with Crippen molar-refractivity contribution in [2.24, 2.45) is 0 Å². The Morgan fingerprint density at radius 3 is 2.27 bits per heavy atom. The molecule has 3 aromatic rings. The zero-order valence-electron chi connectivity index (χ0n) is 11.8. The average Bonchev–Trinajstić information content (AvgIpc) is 2.79. The zero-order valence-corrected chi connectivity index (χ0v) is 11.8. The van der Waals surface area contributed by atoms with Gasteiger partial charge in [0.05, 0.1) is 16.6 Å². The van der Waals surface area contributed by atoms with E-state index in [0.717, 1.165) is 10.5 Å². The van der Waals surface area contributed by atoms with Crippen molar-refractivity contribution < 1.29 is 9.59 Å². The topological polar surface area (TPSA) is 63.2 Å². The number of carbonyl (C=O) groups excluding carboxylic acids is 2. The third-order valence-electron chi connectivity index (χ3n) is 3.78. The summed E-state index contributed by atoms with van der Waals surface area (Å²) in [6, 6.07) is 12.5. The number of hydrogen-bond acceptors (Lipinski definition) is 4.